The number of amides is 2. The average Bonchev–Trinajstić information content (AvgIpc) is 2.53. The van der Waals surface area contributed by atoms with Crippen molar-refractivity contribution in [3.05, 3.63) is 24.3 Å². The topological polar surface area (TPSA) is 61.4 Å². The first-order valence-corrected chi connectivity index (χ1v) is 6.90. The number of anilines is 2. The van der Waals surface area contributed by atoms with Gasteiger partial charge >= 0.3 is 0 Å². The van der Waals surface area contributed by atoms with Gasteiger partial charge in [-0.25, -0.2) is 0 Å². The van der Waals surface area contributed by atoms with Crippen LogP contribution < -0.4 is 15.5 Å². The molecule has 0 radical (unpaired) electrons. The maximum atomic E-state index is 12.5. The van der Waals surface area contributed by atoms with Crippen LogP contribution in [0.1, 0.15) is 20.3 Å². The van der Waals surface area contributed by atoms with E-state index in [9.17, 15) is 9.59 Å². The van der Waals surface area contributed by atoms with Gasteiger partial charge in [-0.05, 0) is 25.1 Å². The molecule has 0 saturated carbocycles. The monoisotopic (exact) mass is 275 g/mol. The lowest BCUT2D eigenvalue weighted by Crippen LogP contribution is -2.47. The second-order valence-electron chi connectivity index (χ2n) is 5.45. The van der Waals surface area contributed by atoms with E-state index in [0.717, 1.165) is 5.69 Å². The van der Waals surface area contributed by atoms with Crippen molar-refractivity contribution in [1.82, 2.24) is 5.32 Å². The highest BCUT2D eigenvalue weighted by molar-refractivity contribution is 6.05. The first-order valence-electron chi connectivity index (χ1n) is 6.90. The Labute approximate surface area is 119 Å². The molecule has 1 aliphatic rings. The minimum Gasteiger partial charge on any atom is -0.323 e. The average molecular weight is 275 g/mol. The van der Waals surface area contributed by atoms with Crippen LogP contribution in [0.3, 0.4) is 0 Å². The first kappa shape index (κ1) is 14.5. The number of benzene rings is 1. The quantitative estimate of drug-likeness (QED) is 0.881. The van der Waals surface area contributed by atoms with Gasteiger partial charge in [0, 0.05) is 6.42 Å². The summed E-state index contributed by atoms with van der Waals surface area (Å²) >= 11 is 0. The summed E-state index contributed by atoms with van der Waals surface area (Å²) in [5.41, 5.74) is 1.46. The Balaban J connectivity index is 2.37. The van der Waals surface area contributed by atoms with E-state index in [2.05, 4.69) is 10.6 Å². The minimum atomic E-state index is -0.404. The summed E-state index contributed by atoms with van der Waals surface area (Å²) in [5, 5.41) is 5.83. The molecule has 0 aromatic heterocycles. The second kappa shape index (κ2) is 6.05. The molecule has 108 valence electrons. The number of carbonyl (C=O) groups excluding carboxylic acids is 2. The largest absolute Gasteiger partial charge is 0.323 e. The second-order valence-corrected chi connectivity index (χ2v) is 5.45. The van der Waals surface area contributed by atoms with Crippen LogP contribution >= 0.6 is 0 Å². The van der Waals surface area contributed by atoms with Crippen LogP contribution in [0.4, 0.5) is 11.4 Å². The van der Waals surface area contributed by atoms with E-state index in [4.69, 9.17) is 0 Å². The molecule has 20 heavy (non-hydrogen) atoms. The Hall–Kier alpha value is -1.88. The van der Waals surface area contributed by atoms with Gasteiger partial charge in [0.25, 0.3) is 0 Å². The molecule has 0 saturated heterocycles. The lowest BCUT2D eigenvalue weighted by molar-refractivity contribution is -0.119. The number of hydrogen-bond donors (Lipinski definition) is 2. The molecule has 0 fully saturated rings. The summed E-state index contributed by atoms with van der Waals surface area (Å²) in [5.74, 6) is 0.221. The van der Waals surface area contributed by atoms with Crippen LogP contribution in [0.2, 0.25) is 0 Å². The molecule has 2 rings (SSSR count). The molecule has 1 heterocycles. The predicted molar refractivity (Wildman–Crippen MR) is 79.7 cm³/mol. The normalized spacial score (nSPS) is 18.5. The van der Waals surface area contributed by atoms with E-state index < -0.39 is 6.04 Å². The fourth-order valence-corrected chi connectivity index (χ4v) is 2.32. The molecule has 2 N–H and O–H groups in total. The zero-order chi connectivity index (χ0) is 14.7. The van der Waals surface area contributed by atoms with Crippen molar-refractivity contribution in [3.8, 4) is 0 Å². The van der Waals surface area contributed by atoms with E-state index in [1.165, 1.54) is 0 Å². The molecule has 2 amide bonds. The van der Waals surface area contributed by atoms with Gasteiger partial charge in [0.05, 0.1) is 17.9 Å². The number of para-hydroxylation sites is 2. The highest BCUT2D eigenvalue weighted by Crippen LogP contribution is 2.29. The Bertz CT molecular complexity index is 514. The van der Waals surface area contributed by atoms with Gasteiger partial charge in [0.15, 0.2) is 0 Å². The number of nitrogens with zero attached hydrogens (tertiary/aromatic N) is 1. The lowest BCUT2D eigenvalue weighted by atomic mass is 10.1. The standard InChI is InChI=1S/C15H21N3O2/c1-10(2)8-14(19)18-9-12(16-3)15(20)17-11-6-4-5-7-13(11)18/h4-7,10,12,16H,8-9H2,1-3H3,(H,17,20). The third-order valence-electron chi connectivity index (χ3n) is 3.37. The van der Waals surface area contributed by atoms with Gasteiger partial charge in [-0.3, -0.25) is 9.59 Å². The summed E-state index contributed by atoms with van der Waals surface area (Å²) in [7, 11) is 1.73. The molecule has 0 spiro atoms. The maximum Gasteiger partial charge on any atom is 0.243 e. The van der Waals surface area contributed by atoms with Gasteiger partial charge in [0.1, 0.15) is 6.04 Å². The summed E-state index contributed by atoms with van der Waals surface area (Å²) in [6.07, 6.45) is 0.471. The van der Waals surface area contributed by atoms with Crippen molar-refractivity contribution >= 4 is 23.2 Å². The Morgan fingerprint density at radius 3 is 2.80 bits per heavy atom. The van der Waals surface area contributed by atoms with Crippen LogP contribution in [0.5, 0.6) is 0 Å². The van der Waals surface area contributed by atoms with Crippen molar-refractivity contribution in [1.29, 1.82) is 0 Å². The van der Waals surface area contributed by atoms with Crippen molar-refractivity contribution in [2.45, 2.75) is 26.3 Å². The van der Waals surface area contributed by atoms with Crippen molar-refractivity contribution in [2.24, 2.45) is 5.92 Å². The lowest BCUT2D eigenvalue weighted by Gasteiger charge is -2.25. The molecular weight excluding hydrogens is 254 g/mol. The van der Waals surface area contributed by atoms with E-state index in [1.807, 2.05) is 38.1 Å². The van der Waals surface area contributed by atoms with Crippen molar-refractivity contribution < 1.29 is 9.59 Å². The molecule has 0 bridgehead atoms. The number of likely N-dealkylation sites (N-methyl/N-ethyl adjacent to an activating group) is 1. The van der Waals surface area contributed by atoms with Crippen LogP contribution in [0.15, 0.2) is 24.3 Å². The van der Waals surface area contributed by atoms with Crippen LogP contribution in [-0.2, 0) is 9.59 Å². The Kier molecular flexibility index (Phi) is 4.39. The van der Waals surface area contributed by atoms with Crippen LogP contribution in [0.25, 0.3) is 0 Å². The van der Waals surface area contributed by atoms with Gasteiger partial charge < -0.3 is 15.5 Å². The summed E-state index contributed by atoms with van der Waals surface area (Å²) in [4.78, 5) is 26.2. The molecule has 1 unspecified atom stereocenters. The smallest absolute Gasteiger partial charge is 0.243 e. The molecular formula is C15H21N3O2. The van der Waals surface area contributed by atoms with E-state index in [1.54, 1.807) is 11.9 Å². The van der Waals surface area contributed by atoms with Crippen LogP contribution in [0, 0.1) is 5.92 Å². The van der Waals surface area contributed by atoms with Gasteiger partial charge in [0.2, 0.25) is 11.8 Å². The van der Waals surface area contributed by atoms with E-state index in [-0.39, 0.29) is 17.7 Å². The maximum absolute atomic E-state index is 12.5. The predicted octanol–water partition coefficient (Wildman–Crippen LogP) is 1.61. The highest BCUT2D eigenvalue weighted by atomic mass is 16.2. The van der Waals surface area contributed by atoms with Gasteiger partial charge in [-0.1, -0.05) is 26.0 Å². The molecule has 1 aliphatic heterocycles. The summed E-state index contributed by atoms with van der Waals surface area (Å²) in [6, 6.07) is 7.01. The summed E-state index contributed by atoms with van der Waals surface area (Å²) in [6.45, 7) is 4.38. The zero-order valence-corrected chi connectivity index (χ0v) is 12.1. The number of fused-ring (bicyclic) bond motifs is 1. The van der Waals surface area contributed by atoms with Crippen molar-refractivity contribution in [3.63, 3.8) is 0 Å². The molecule has 1 atom stereocenters. The Morgan fingerprint density at radius 2 is 2.15 bits per heavy atom. The number of nitrogens with one attached hydrogen (secondary N) is 2. The van der Waals surface area contributed by atoms with Gasteiger partial charge in [-0.2, -0.15) is 0 Å². The van der Waals surface area contributed by atoms with E-state index in [0.29, 0.717) is 18.7 Å². The molecule has 1 aromatic carbocycles. The first-order chi connectivity index (χ1) is 9.52. The Morgan fingerprint density at radius 1 is 1.45 bits per heavy atom. The third kappa shape index (κ3) is 2.99. The highest BCUT2D eigenvalue weighted by Gasteiger charge is 2.30. The number of rotatable bonds is 3. The van der Waals surface area contributed by atoms with Crippen molar-refractivity contribution in [2.75, 3.05) is 23.8 Å². The van der Waals surface area contributed by atoms with Crippen LogP contribution in [-0.4, -0.2) is 31.4 Å². The fraction of sp³-hybridized carbons (Fsp3) is 0.467. The summed E-state index contributed by atoms with van der Waals surface area (Å²) < 4.78 is 0. The third-order valence-corrected chi connectivity index (χ3v) is 3.37. The van der Waals surface area contributed by atoms with Gasteiger partial charge in [-0.15, -0.1) is 0 Å². The fourth-order valence-electron chi connectivity index (χ4n) is 2.32. The molecule has 0 aliphatic carbocycles. The van der Waals surface area contributed by atoms with E-state index >= 15 is 0 Å². The minimum absolute atomic E-state index is 0.0456. The molecule has 5 nitrogen and oxygen atoms in total. The number of carbonyl (C=O) groups is 2. The zero-order valence-electron chi connectivity index (χ0n) is 12.1. The number of hydrogen-bond acceptors (Lipinski definition) is 3. The SMILES string of the molecule is CNC1CN(C(=O)CC(C)C)c2ccccc2NC1=O. The molecule has 1 aromatic rings. The molecule has 5 heteroatoms.